The van der Waals surface area contributed by atoms with E-state index in [0.717, 1.165) is 0 Å². The van der Waals surface area contributed by atoms with Crippen molar-refractivity contribution in [1.29, 1.82) is 0 Å². The molecule has 5 nitrogen and oxygen atoms in total. The highest BCUT2D eigenvalue weighted by Gasteiger charge is 2.23. The molecule has 0 aliphatic heterocycles. The lowest BCUT2D eigenvalue weighted by molar-refractivity contribution is -0.0679. The highest BCUT2D eigenvalue weighted by molar-refractivity contribution is 4.75. The molecule has 96 valence electrons. The summed E-state index contributed by atoms with van der Waals surface area (Å²) < 4.78 is 4.90. The molecule has 0 atom stereocenters. The van der Waals surface area contributed by atoms with Gasteiger partial charge in [0.05, 0.1) is 26.4 Å². The Balaban J connectivity index is 0. The summed E-state index contributed by atoms with van der Waals surface area (Å²) in [4.78, 5) is 0. The van der Waals surface area contributed by atoms with Crippen molar-refractivity contribution in [3.63, 3.8) is 0 Å². The Kier molecular flexibility index (Phi) is 13.6. The summed E-state index contributed by atoms with van der Waals surface area (Å²) in [5, 5.41) is 34.0. The van der Waals surface area contributed by atoms with Crippen LogP contribution >= 0.6 is 0 Å². The summed E-state index contributed by atoms with van der Waals surface area (Å²) in [5.74, 6) is 0. The first kappa shape index (κ1) is 17.7. The Morgan fingerprint density at radius 3 is 1.62 bits per heavy atom. The molecule has 0 aromatic heterocycles. The van der Waals surface area contributed by atoms with Crippen molar-refractivity contribution in [2.45, 2.75) is 12.0 Å². The van der Waals surface area contributed by atoms with Crippen LogP contribution in [0.15, 0.2) is 25.3 Å². The van der Waals surface area contributed by atoms with Crippen LogP contribution in [0.3, 0.4) is 0 Å². The van der Waals surface area contributed by atoms with Gasteiger partial charge in [0.25, 0.3) is 0 Å². The fourth-order valence-electron chi connectivity index (χ4n) is 0.651. The van der Waals surface area contributed by atoms with Gasteiger partial charge in [0.1, 0.15) is 5.60 Å². The molecule has 0 radical (unpaired) electrons. The van der Waals surface area contributed by atoms with Gasteiger partial charge in [-0.1, -0.05) is 12.2 Å². The zero-order chi connectivity index (χ0) is 12.9. The molecule has 0 amide bonds. The third kappa shape index (κ3) is 11.4. The minimum absolute atomic E-state index is 0. The van der Waals surface area contributed by atoms with Gasteiger partial charge in [-0.25, -0.2) is 0 Å². The van der Waals surface area contributed by atoms with E-state index in [9.17, 15) is 0 Å². The van der Waals surface area contributed by atoms with E-state index in [0.29, 0.717) is 13.2 Å². The van der Waals surface area contributed by atoms with Crippen molar-refractivity contribution >= 4 is 0 Å². The van der Waals surface area contributed by atoms with Crippen LogP contribution < -0.4 is 0 Å². The van der Waals surface area contributed by atoms with E-state index in [2.05, 4.69) is 13.2 Å². The second-order valence-corrected chi connectivity index (χ2v) is 3.13. The quantitative estimate of drug-likeness (QED) is 0.334. The van der Waals surface area contributed by atoms with Crippen molar-refractivity contribution < 1.29 is 25.2 Å². The summed E-state index contributed by atoms with van der Waals surface area (Å²) in [6.45, 7) is 6.89. The van der Waals surface area contributed by atoms with Gasteiger partial charge >= 0.3 is 0 Å². The number of rotatable bonds is 8. The number of aliphatic hydroxyl groups excluding tert-OH is 3. The molecule has 0 aromatic rings. The van der Waals surface area contributed by atoms with Gasteiger partial charge in [-0.2, -0.15) is 0 Å². The predicted octanol–water partition coefficient (Wildman–Crippen LogP) is -0.540. The molecule has 0 saturated heterocycles. The molecule has 0 rings (SSSR count). The second-order valence-electron chi connectivity index (χ2n) is 3.13. The van der Waals surface area contributed by atoms with E-state index in [1.54, 1.807) is 12.2 Å². The maximum Gasteiger partial charge on any atom is 0.113 e. The van der Waals surface area contributed by atoms with E-state index in [-0.39, 0.29) is 13.0 Å². The van der Waals surface area contributed by atoms with Crippen LogP contribution in [0.2, 0.25) is 0 Å². The van der Waals surface area contributed by atoms with Crippen LogP contribution in [0.1, 0.15) is 6.42 Å². The van der Waals surface area contributed by atoms with Crippen molar-refractivity contribution in [2.24, 2.45) is 0 Å². The van der Waals surface area contributed by atoms with Crippen molar-refractivity contribution in [2.75, 3.05) is 33.0 Å². The molecule has 4 N–H and O–H groups in total. The summed E-state index contributed by atoms with van der Waals surface area (Å²) in [6, 6.07) is 0. The van der Waals surface area contributed by atoms with E-state index < -0.39 is 18.8 Å². The van der Waals surface area contributed by atoms with Crippen molar-refractivity contribution in [1.82, 2.24) is 0 Å². The van der Waals surface area contributed by atoms with Crippen LogP contribution in [0.4, 0.5) is 0 Å². The number of hydrogen-bond donors (Lipinski definition) is 4. The van der Waals surface area contributed by atoms with E-state index in [4.69, 9.17) is 25.2 Å². The zero-order valence-electron chi connectivity index (χ0n) is 9.51. The average Bonchev–Trinajstić information content (AvgIpc) is 2.31. The molecule has 0 bridgehead atoms. The van der Waals surface area contributed by atoms with Crippen LogP contribution in [-0.4, -0.2) is 59.1 Å². The maximum atomic E-state index is 8.97. The van der Waals surface area contributed by atoms with Gasteiger partial charge in [0.2, 0.25) is 0 Å². The summed E-state index contributed by atoms with van der Waals surface area (Å²) in [5.41, 5.74) is -1.51. The fraction of sp³-hybridized carbons (Fsp3) is 0.636. The van der Waals surface area contributed by atoms with Crippen molar-refractivity contribution in [3.05, 3.63) is 25.3 Å². The summed E-state index contributed by atoms with van der Waals surface area (Å²) in [7, 11) is 0. The Morgan fingerprint density at radius 2 is 1.44 bits per heavy atom. The normalized spacial score (nSPS) is 10.2. The summed E-state index contributed by atoms with van der Waals surface area (Å²) in [6.07, 6.45) is 3.42. The van der Waals surface area contributed by atoms with Crippen LogP contribution in [-0.2, 0) is 4.74 Å². The molecule has 0 fully saturated rings. The molecule has 0 saturated carbocycles. The zero-order valence-corrected chi connectivity index (χ0v) is 9.51. The lowest BCUT2D eigenvalue weighted by atomic mass is 10.0. The minimum atomic E-state index is -1.51. The molecule has 0 unspecified atom stereocenters. The Morgan fingerprint density at radius 1 is 1.00 bits per heavy atom. The molecule has 0 heterocycles. The number of aliphatic hydroxyl groups is 4. The standard InChI is InChI=1S/C6H10O.C5H12O4/c1-3-5-7-6-4-2;6-2-1-5(9,3-7)4-8/h3-4H,1-2,5-6H2;6-9H,1-4H2. The molecular weight excluding hydrogens is 212 g/mol. The molecule has 0 aromatic carbocycles. The Hall–Kier alpha value is -0.720. The largest absolute Gasteiger partial charge is 0.396 e. The highest BCUT2D eigenvalue weighted by atomic mass is 16.5. The van der Waals surface area contributed by atoms with E-state index >= 15 is 0 Å². The highest BCUT2D eigenvalue weighted by Crippen LogP contribution is 2.06. The first-order chi connectivity index (χ1) is 7.60. The van der Waals surface area contributed by atoms with Gasteiger partial charge in [-0.3, -0.25) is 0 Å². The van der Waals surface area contributed by atoms with Crippen LogP contribution in [0.25, 0.3) is 0 Å². The third-order valence-electron chi connectivity index (χ3n) is 1.64. The molecular formula is C11H22O5. The fourth-order valence-corrected chi connectivity index (χ4v) is 0.651. The maximum absolute atomic E-state index is 8.97. The average molecular weight is 234 g/mol. The first-order valence-electron chi connectivity index (χ1n) is 4.94. The van der Waals surface area contributed by atoms with Gasteiger partial charge in [-0.05, 0) is 0 Å². The topological polar surface area (TPSA) is 90.2 Å². The SMILES string of the molecule is C=CCOCC=C.OCCC(O)(CO)CO. The van der Waals surface area contributed by atoms with Crippen molar-refractivity contribution in [3.8, 4) is 0 Å². The Labute approximate surface area is 96.3 Å². The van der Waals surface area contributed by atoms with Crippen LogP contribution in [0.5, 0.6) is 0 Å². The lowest BCUT2D eigenvalue weighted by Crippen LogP contribution is -2.38. The molecule has 5 heteroatoms. The smallest absolute Gasteiger partial charge is 0.113 e. The minimum Gasteiger partial charge on any atom is -0.396 e. The van der Waals surface area contributed by atoms with E-state index in [1.807, 2.05) is 0 Å². The van der Waals surface area contributed by atoms with E-state index in [1.165, 1.54) is 0 Å². The molecule has 0 aliphatic carbocycles. The second kappa shape index (κ2) is 12.4. The summed E-state index contributed by atoms with van der Waals surface area (Å²) >= 11 is 0. The van der Waals surface area contributed by atoms with Crippen LogP contribution in [0, 0.1) is 0 Å². The van der Waals surface area contributed by atoms with Gasteiger partial charge in [0, 0.05) is 13.0 Å². The first-order valence-corrected chi connectivity index (χ1v) is 4.94. The third-order valence-corrected chi connectivity index (χ3v) is 1.64. The molecule has 0 aliphatic rings. The van der Waals surface area contributed by atoms with Gasteiger partial charge in [0.15, 0.2) is 0 Å². The number of hydrogen-bond acceptors (Lipinski definition) is 5. The van der Waals surface area contributed by atoms with Gasteiger partial charge in [-0.15, -0.1) is 13.2 Å². The Bertz CT molecular complexity index is 158. The lowest BCUT2D eigenvalue weighted by Gasteiger charge is -2.21. The number of ether oxygens (including phenoxy) is 1. The molecule has 16 heavy (non-hydrogen) atoms. The monoisotopic (exact) mass is 234 g/mol. The van der Waals surface area contributed by atoms with Gasteiger partial charge < -0.3 is 25.2 Å². The molecule has 0 spiro atoms. The predicted molar refractivity (Wildman–Crippen MR) is 62.0 cm³/mol.